The Labute approximate surface area is 155 Å². The van der Waals surface area contributed by atoms with Gasteiger partial charge < -0.3 is 10.2 Å². The molecule has 3 nitrogen and oxygen atoms in total. The second kappa shape index (κ2) is 14.8. The van der Waals surface area contributed by atoms with E-state index < -0.39 is 0 Å². The van der Waals surface area contributed by atoms with Crippen LogP contribution in [0.5, 0.6) is 0 Å². The Morgan fingerprint density at radius 2 is 1.92 bits per heavy atom. The second-order valence-corrected chi connectivity index (χ2v) is 6.95. The number of amides is 1. The van der Waals surface area contributed by atoms with Gasteiger partial charge >= 0.3 is 0 Å². The molecule has 2 unspecified atom stereocenters. The normalized spacial score (nSPS) is 14.0. The molecule has 0 rings (SSSR count). The lowest BCUT2D eigenvalue weighted by atomic mass is 9.97. The molecule has 0 fully saturated rings. The van der Waals surface area contributed by atoms with Crippen LogP contribution in [0.2, 0.25) is 0 Å². The van der Waals surface area contributed by atoms with Gasteiger partial charge in [0.2, 0.25) is 5.91 Å². The van der Waals surface area contributed by atoms with E-state index in [4.69, 9.17) is 6.42 Å². The van der Waals surface area contributed by atoms with Crippen LogP contribution in [0.25, 0.3) is 0 Å². The van der Waals surface area contributed by atoms with E-state index in [-0.39, 0.29) is 11.8 Å². The lowest BCUT2D eigenvalue weighted by molar-refractivity contribution is -0.124. The summed E-state index contributed by atoms with van der Waals surface area (Å²) in [5.74, 6) is 2.89. The van der Waals surface area contributed by atoms with Crippen LogP contribution in [-0.4, -0.2) is 37.5 Å². The van der Waals surface area contributed by atoms with Crippen LogP contribution >= 0.6 is 0 Å². The molecule has 0 heterocycles. The number of nitrogens with one attached hydrogen (secondary N) is 1. The molecule has 1 N–H and O–H groups in total. The minimum absolute atomic E-state index is 0.0783. The fourth-order valence-corrected chi connectivity index (χ4v) is 3.05. The highest BCUT2D eigenvalue weighted by Crippen LogP contribution is 2.18. The lowest BCUT2D eigenvalue weighted by Crippen LogP contribution is -2.31. The molecular formula is C22H38N2O. The summed E-state index contributed by atoms with van der Waals surface area (Å²) < 4.78 is 0. The molecule has 0 saturated carbocycles. The first-order valence-electron chi connectivity index (χ1n) is 9.66. The largest absolute Gasteiger partial charge is 0.356 e. The van der Waals surface area contributed by atoms with Crippen molar-refractivity contribution in [1.82, 2.24) is 10.2 Å². The van der Waals surface area contributed by atoms with E-state index in [0.717, 1.165) is 57.9 Å². The van der Waals surface area contributed by atoms with Crippen LogP contribution in [-0.2, 0) is 4.79 Å². The molecule has 0 aliphatic rings. The lowest BCUT2D eigenvalue weighted by Gasteiger charge is -2.26. The van der Waals surface area contributed by atoms with Gasteiger partial charge in [-0.25, -0.2) is 0 Å². The fraction of sp³-hybridized carbons (Fsp3) is 0.682. The molecule has 142 valence electrons. The van der Waals surface area contributed by atoms with Gasteiger partial charge in [-0.3, -0.25) is 4.79 Å². The number of carbonyl (C=O) groups excluding carboxylic acids is 1. The van der Waals surface area contributed by atoms with Crippen molar-refractivity contribution in [3.63, 3.8) is 0 Å². The average molecular weight is 347 g/mol. The van der Waals surface area contributed by atoms with Crippen LogP contribution in [0.15, 0.2) is 24.3 Å². The van der Waals surface area contributed by atoms with Gasteiger partial charge in [-0.05, 0) is 52.6 Å². The summed E-state index contributed by atoms with van der Waals surface area (Å²) >= 11 is 0. The number of carbonyl (C=O) groups is 1. The van der Waals surface area contributed by atoms with Gasteiger partial charge in [-0.2, -0.15) is 0 Å². The summed E-state index contributed by atoms with van der Waals surface area (Å²) in [6.07, 6.45) is 17.3. The highest BCUT2D eigenvalue weighted by Gasteiger charge is 2.15. The number of likely N-dealkylation sites (N-methyl/N-ethyl adjacent to an activating group) is 1. The Morgan fingerprint density at radius 1 is 1.24 bits per heavy atom. The number of terminal acetylenes is 1. The minimum Gasteiger partial charge on any atom is -0.356 e. The van der Waals surface area contributed by atoms with Crippen molar-refractivity contribution < 1.29 is 4.79 Å². The number of hydrogen-bond acceptors (Lipinski definition) is 2. The first-order valence-corrected chi connectivity index (χ1v) is 9.66. The summed E-state index contributed by atoms with van der Waals surface area (Å²) in [5.41, 5.74) is 1.42. The highest BCUT2D eigenvalue weighted by atomic mass is 16.1. The van der Waals surface area contributed by atoms with Gasteiger partial charge in [0.05, 0.1) is 0 Å². The van der Waals surface area contributed by atoms with Crippen LogP contribution in [0.3, 0.4) is 0 Å². The van der Waals surface area contributed by atoms with Crippen molar-refractivity contribution in [3.8, 4) is 12.3 Å². The molecule has 1 amide bonds. The van der Waals surface area contributed by atoms with Crippen molar-refractivity contribution >= 4 is 5.91 Å². The number of hydrogen-bond donors (Lipinski definition) is 1. The molecule has 0 saturated heterocycles. The molecule has 0 spiro atoms. The third-order valence-electron chi connectivity index (χ3n) is 4.65. The van der Waals surface area contributed by atoms with Crippen molar-refractivity contribution in [3.05, 3.63) is 24.3 Å². The predicted molar refractivity (Wildman–Crippen MR) is 109 cm³/mol. The zero-order chi connectivity index (χ0) is 19.1. The van der Waals surface area contributed by atoms with Gasteiger partial charge in [0, 0.05) is 24.9 Å². The number of unbranched alkanes of at least 4 members (excludes halogenated alkanes) is 3. The Hall–Kier alpha value is -1.53. The van der Waals surface area contributed by atoms with Crippen molar-refractivity contribution in [1.29, 1.82) is 0 Å². The molecule has 3 heteroatoms. The summed E-state index contributed by atoms with van der Waals surface area (Å²) in [6, 6.07) is 0.453. The molecule has 0 bridgehead atoms. The molecule has 0 aromatic heterocycles. The van der Waals surface area contributed by atoms with Crippen LogP contribution in [0.1, 0.15) is 65.2 Å². The van der Waals surface area contributed by atoms with E-state index in [1.807, 2.05) is 13.0 Å². The highest BCUT2D eigenvalue weighted by molar-refractivity contribution is 5.78. The van der Waals surface area contributed by atoms with Crippen LogP contribution in [0.4, 0.5) is 0 Å². The number of nitrogens with zero attached hydrogens (tertiary/aromatic N) is 1. The third-order valence-corrected chi connectivity index (χ3v) is 4.65. The van der Waals surface area contributed by atoms with E-state index in [1.54, 1.807) is 0 Å². The molecule has 2 atom stereocenters. The van der Waals surface area contributed by atoms with Gasteiger partial charge in [0.1, 0.15) is 0 Å². The summed E-state index contributed by atoms with van der Waals surface area (Å²) in [4.78, 5) is 14.3. The maximum Gasteiger partial charge on any atom is 0.222 e. The van der Waals surface area contributed by atoms with E-state index in [2.05, 4.69) is 49.8 Å². The molecule has 0 aliphatic heterocycles. The minimum atomic E-state index is 0.0783. The average Bonchev–Trinajstić information content (AvgIpc) is 2.59. The number of rotatable bonds is 14. The SMILES string of the molecule is C#CCCCCC(C)C(=O)NCCCCC(/C(=C\C=C)CC)N(C)C. The molecule has 0 aromatic rings. The van der Waals surface area contributed by atoms with Crippen molar-refractivity contribution in [2.45, 2.75) is 71.3 Å². The van der Waals surface area contributed by atoms with E-state index in [1.165, 1.54) is 5.57 Å². The van der Waals surface area contributed by atoms with E-state index in [9.17, 15) is 4.79 Å². The zero-order valence-electron chi connectivity index (χ0n) is 16.8. The zero-order valence-corrected chi connectivity index (χ0v) is 16.8. The summed E-state index contributed by atoms with van der Waals surface area (Å²) in [5, 5.41) is 3.07. The fourth-order valence-electron chi connectivity index (χ4n) is 3.05. The topological polar surface area (TPSA) is 32.3 Å². The van der Waals surface area contributed by atoms with Crippen molar-refractivity contribution in [2.24, 2.45) is 5.92 Å². The van der Waals surface area contributed by atoms with Crippen molar-refractivity contribution in [2.75, 3.05) is 20.6 Å². The smallest absolute Gasteiger partial charge is 0.222 e. The molecule has 0 aromatic carbocycles. The summed E-state index contributed by atoms with van der Waals surface area (Å²) in [7, 11) is 4.25. The Balaban J connectivity index is 4.06. The first-order chi connectivity index (χ1) is 12.0. The van der Waals surface area contributed by atoms with Gasteiger partial charge in [0.15, 0.2) is 0 Å². The molecule has 0 aliphatic carbocycles. The van der Waals surface area contributed by atoms with Crippen LogP contribution in [0, 0.1) is 18.3 Å². The standard InChI is InChI=1S/C22H38N2O/c1-7-10-11-12-16-19(4)22(25)23-18-14-13-17-21(24(5)6)20(9-3)15-8-2/h1,8,15,19,21H,2,9-14,16-18H2,3-6H3,(H,23,25)/b20-15-. The maximum absolute atomic E-state index is 12.1. The quantitative estimate of drug-likeness (QED) is 0.284. The molecule has 25 heavy (non-hydrogen) atoms. The van der Waals surface area contributed by atoms with E-state index in [0.29, 0.717) is 6.04 Å². The monoisotopic (exact) mass is 346 g/mol. The first kappa shape index (κ1) is 23.5. The third kappa shape index (κ3) is 10.8. The Bertz CT molecular complexity index is 445. The molecular weight excluding hydrogens is 308 g/mol. The van der Waals surface area contributed by atoms with Gasteiger partial charge in [-0.15, -0.1) is 12.3 Å². The Morgan fingerprint density at radius 3 is 2.48 bits per heavy atom. The molecule has 0 radical (unpaired) electrons. The van der Waals surface area contributed by atoms with E-state index >= 15 is 0 Å². The second-order valence-electron chi connectivity index (χ2n) is 6.95. The number of allylic oxidation sites excluding steroid dienone is 2. The predicted octanol–water partition coefficient (Wildman–Crippen LogP) is 4.56. The van der Waals surface area contributed by atoms with Gasteiger partial charge in [0.25, 0.3) is 0 Å². The maximum atomic E-state index is 12.1. The van der Waals surface area contributed by atoms with Gasteiger partial charge in [-0.1, -0.05) is 44.6 Å². The van der Waals surface area contributed by atoms with Crippen LogP contribution < -0.4 is 5.32 Å². The Kier molecular flexibility index (Phi) is 13.9. The summed E-state index contributed by atoms with van der Waals surface area (Å²) in [6.45, 7) is 8.77.